The molecule has 1 saturated heterocycles. The van der Waals surface area contributed by atoms with Crippen molar-refractivity contribution in [2.45, 2.75) is 45.2 Å². The summed E-state index contributed by atoms with van der Waals surface area (Å²) in [5.74, 6) is 0.801. The van der Waals surface area contributed by atoms with Gasteiger partial charge in [0.25, 0.3) is 5.91 Å². The number of carbonyl (C=O) groups excluding carboxylic acids is 2. The zero-order valence-corrected chi connectivity index (χ0v) is 13.3. The third-order valence-corrected chi connectivity index (χ3v) is 4.87. The van der Waals surface area contributed by atoms with Crippen molar-refractivity contribution in [1.82, 2.24) is 10.2 Å². The van der Waals surface area contributed by atoms with Crippen LogP contribution in [0.5, 0.6) is 0 Å². The lowest BCUT2D eigenvalue weighted by atomic mass is 9.93. The normalized spacial score (nSPS) is 27.0. The first-order valence-corrected chi connectivity index (χ1v) is 8.24. The molecule has 1 aliphatic carbocycles. The molecule has 4 nitrogen and oxygen atoms in total. The van der Waals surface area contributed by atoms with Gasteiger partial charge in [-0.05, 0) is 50.7 Å². The maximum Gasteiger partial charge on any atom is 0.254 e. The molecule has 4 heteroatoms. The van der Waals surface area contributed by atoms with Crippen molar-refractivity contribution >= 4 is 11.8 Å². The molecule has 1 aliphatic heterocycles. The minimum absolute atomic E-state index is 0.00804. The molecule has 3 atom stereocenters. The summed E-state index contributed by atoms with van der Waals surface area (Å²) in [6.07, 6.45) is 3.36. The second-order valence-corrected chi connectivity index (χ2v) is 6.79. The van der Waals surface area contributed by atoms with E-state index in [9.17, 15) is 9.59 Å². The predicted molar refractivity (Wildman–Crippen MR) is 85.4 cm³/mol. The molecule has 1 heterocycles. The van der Waals surface area contributed by atoms with E-state index in [0.29, 0.717) is 23.9 Å². The van der Waals surface area contributed by atoms with E-state index in [0.717, 1.165) is 12.8 Å². The van der Waals surface area contributed by atoms with Crippen LogP contribution in [0.25, 0.3) is 0 Å². The quantitative estimate of drug-likeness (QED) is 0.932. The molecule has 0 radical (unpaired) electrons. The summed E-state index contributed by atoms with van der Waals surface area (Å²) in [4.78, 5) is 27.3. The van der Waals surface area contributed by atoms with Crippen LogP contribution in [0.3, 0.4) is 0 Å². The van der Waals surface area contributed by atoms with Crippen LogP contribution in [0.4, 0.5) is 0 Å². The topological polar surface area (TPSA) is 49.4 Å². The van der Waals surface area contributed by atoms with Gasteiger partial charge in [0.2, 0.25) is 5.91 Å². The summed E-state index contributed by atoms with van der Waals surface area (Å²) in [6.45, 7) is 4.64. The highest BCUT2D eigenvalue weighted by Crippen LogP contribution is 2.42. The average molecular weight is 300 g/mol. The Morgan fingerprint density at radius 1 is 1.18 bits per heavy atom. The molecule has 3 rings (SSSR count). The minimum atomic E-state index is -0.303. The van der Waals surface area contributed by atoms with Gasteiger partial charge in [-0.2, -0.15) is 0 Å². The van der Waals surface area contributed by atoms with E-state index in [1.807, 2.05) is 49.1 Å². The first kappa shape index (κ1) is 15.1. The fraction of sp³-hybridized carbons (Fsp3) is 0.556. The van der Waals surface area contributed by atoms with E-state index in [1.54, 1.807) is 0 Å². The van der Waals surface area contributed by atoms with Gasteiger partial charge in [0.1, 0.15) is 6.04 Å². The van der Waals surface area contributed by atoms with Crippen LogP contribution >= 0.6 is 0 Å². The van der Waals surface area contributed by atoms with Crippen molar-refractivity contribution in [3.63, 3.8) is 0 Å². The van der Waals surface area contributed by atoms with Crippen LogP contribution in [0.2, 0.25) is 0 Å². The smallest absolute Gasteiger partial charge is 0.254 e. The van der Waals surface area contributed by atoms with Crippen molar-refractivity contribution in [1.29, 1.82) is 0 Å². The van der Waals surface area contributed by atoms with E-state index >= 15 is 0 Å². The Labute approximate surface area is 131 Å². The van der Waals surface area contributed by atoms with E-state index < -0.39 is 0 Å². The van der Waals surface area contributed by atoms with Gasteiger partial charge in [0, 0.05) is 18.2 Å². The van der Waals surface area contributed by atoms with Gasteiger partial charge in [0.15, 0.2) is 0 Å². The number of hydrogen-bond acceptors (Lipinski definition) is 2. The summed E-state index contributed by atoms with van der Waals surface area (Å²) in [6, 6.07) is 9.09. The maximum atomic E-state index is 12.8. The van der Waals surface area contributed by atoms with Gasteiger partial charge < -0.3 is 10.2 Å². The number of benzene rings is 1. The monoisotopic (exact) mass is 300 g/mol. The van der Waals surface area contributed by atoms with E-state index in [1.165, 1.54) is 6.42 Å². The predicted octanol–water partition coefficient (Wildman–Crippen LogP) is 2.45. The Morgan fingerprint density at radius 3 is 2.59 bits per heavy atom. The second-order valence-electron chi connectivity index (χ2n) is 6.79. The number of hydrogen-bond donors (Lipinski definition) is 1. The maximum absolute atomic E-state index is 12.8. The highest BCUT2D eigenvalue weighted by Gasteiger charge is 2.49. The van der Waals surface area contributed by atoms with Crippen LogP contribution < -0.4 is 5.32 Å². The summed E-state index contributed by atoms with van der Waals surface area (Å²) >= 11 is 0. The fourth-order valence-electron chi connectivity index (χ4n) is 3.97. The molecule has 22 heavy (non-hydrogen) atoms. The molecule has 1 aromatic rings. The largest absolute Gasteiger partial charge is 0.352 e. The van der Waals surface area contributed by atoms with Crippen LogP contribution in [-0.2, 0) is 4.79 Å². The standard InChI is InChI=1S/C18H24N2O2/c1-12(2)19-17(21)16-15-10-6-9-14(15)11-20(16)18(22)13-7-4-3-5-8-13/h3-5,7-8,12,14-16H,6,9-11H2,1-2H3,(H,19,21). The number of carbonyl (C=O) groups is 2. The Bertz CT molecular complexity index is 555. The van der Waals surface area contributed by atoms with Crippen molar-refractivity contribution in [3.8, 4) is 0 Å². The molecule has 0 spiro atoms. The molecule has 2 amide bonds. The highest BCUT2D eigenvalue weighted by atomic mass is 16.2. The summed E-state index contributed by atoms with van der Waals surface area (Å²) in [7, 11) is 0. The van der Waals surface area contributed by atoms with Crippen LogP contribution in [0, 0.1) is 11.8 Å². The first-order valence-electron chi connectivity index (χ1n) is 8.24. The number of fused-ring (bicyclic) bond motifs is 1. The number of likely N-dealkylation sites (tertiary alicyclic amines) is 1. The number of rotatable bonds is 3. The van der Waals surface area contributed by atoms with Crippen molar-refractivity contribution in [2.24, 2.45) is 11.8 Å². The molecule has 1 saturated carbocycles. The first-order chi connectivity index (χ1) is 10.6. The molecular formula is C18H24N2O2. The van der Waals surface area contributed by atoms with E-state index in [-0.39, 0.29) is 23.9 Å². The van der Waals surface area contributed by atoms with E-state index in [4.69, 9.17) is 0 Å². The number of nitrogens with one attached hydrogen (secondary N) is 1. The summed E-state index contributed by atoms with van der Waals surface area (Å²) in [5, 5.41) is 3.00. The Balaban J connectivity index is 1.85. The number of amides is 2. The third kappa shape index (κ3) is 2.74. The zero-order valence-electron chi connectivity index (χ0n) is 13.3. The lowest BCUT2D eigenvalue weighted by Gasteiger charge is -2.28. The number of nitrogens with zero attached hydrogens (tertiary/aromatic N) is 1. The van der Waals surface area contributed by atoms with Gasteiger partial charge in [0.05, 0.1) is 0 Å². The molecule has 2 fully saturated rings. The average Bonchev–Trinajstić information content (AvgIpc) is 3.06. The molecule has 3 unspecified atom stereocenters. The minimum Gasteiger partial charge on any atom is -0.352 e. The SMILES string of the molecule is CC(C)NC(=O)C1C2CCCC2CN1C(=O)c1ccccc1. The highest BCUT2D eigenvalue weighted by molar-refractivity contribution is 5.98. The zero-order chi connectivity index (χ0) is 15.7. The molecule has 0 aromatic heterocycles. The molecule has 0 bridgehead atoms. The van der Waals surface area contributed by atoms with Crippen LogP contribution in [0.15, 0.2) is 30.3 Å². The fourth-order valence-corrected chi connectivity index (χ4v) is 3.97. The molecule has 118 valence electrons. The van der Waals surface area contributed by atoms with Gasteiger partial charge in [-0.15, -0.1) is 0 Å². The van der Waals surface area contributed by atoms with Gasteiger partial charge in [-0.3, -0.25) is 9.59 Å². The molecule has 1 aromatic carbocycles. The Morgan fingerprint density at radius 2 is 1.91 bits per heavy atom. The van der Waals surface area contributed by atoms with Crippen LogP contribution in [-0.4, -0.2) is 35.3 Å². The van der Waals surface area contributed by atoms with Crippen molar-refractivity contribution in [3.05, 3.63) is 35.9 Å². The van der Waals surface area contributed by atoms with Gasteiger partial charge in [-0.1, -0.05) is 24.6 Å². The molecule has 2 aliphatic rings. The lowest BCUT2D eigenvalue weighted by molar-refractivity contribution is -0.126. The third-order valence-electron chi connectivity index (χ3n) is 4.87. The van der Waals surface area contributed by atoms with Crippen LogP contribution in [0.1, 0.15) is 43.5 Å². The van der Waals surface area contributed by atoms with Crippen molar-refractivity contribution < 1.29 is 9.59 Å². The molecule has 1 N–H and O–H groups in total. The van der Waals surface area contributed by atoms with E-state index in [2.05, 4.69) is 5.32 Å². The summed E-state index contributed by atoms with van der Waals surface area (Å²) in [5.41, 5.74) is 0.671. The molecular weight excluding hydrogens is 276 g/mol. The van der Waals surface area contributed by atoms with Gasteiger partial charge >= 0.3 is 0 Å². The summed E-state index contributed by atoms with van der Waals surface area (Å²) < 4.78 is 0. The Kier molecular flexibility index (Phi) is 4.19. The lowest BCUT2D eigenvalue weighted by Crippen LogP contribution is -2.50. The second kappa shape index (κ2) is 6.11. The van der Waals surface area contributed by atoms with Gasteiger partial charge in [-0.25, -0.2) is 0 Å². The Hall–Kier alpha value is -1.84. The van der Waals surface area contributed by atoms with Crippen molar-refractivity contribution in [2.75, 3.05) is 6.54 Å².